The van der Waals surface area contributed by atoms with E-state index in [9.17, 15) is 44.8 Å². The van der Waals surface area contributed by atoms with Crippen LogP contribution in [-0.4, -0.2) is 114 Å². The smallest absolute Gasteiger partial charge is 0.337 e. The number of ether oxygens (including phenoxy) is 2. The lowest BCUT2D eigenvalue weighted by atomic mass is 10.1. The van der Waals surface area contributed by atoms with Crippen molar-refractivity contribution in [1.29, 1.82) is 0 Å². The van der Waals surface area contributed by atoms with Crippen LogP contribution in [0.5, 0.6) is 0 Å². The number of carbonyl (C=O) groups excluding carboxylic acids is 4. The monoisotopic (exact) mass is 920 g/mol. The Morgan fingerprint density at radius 1 is 0.644 bits per heavy atom. The number of para-hydroxylation sites is 2. The molecular weight excluding hydrogens is 878 g/mol. The van der Waals surface area contributed by atoms with Crippen LogP contribution >= 0.6 is 15.9 Å². The minimum atomic E-state index is -3.15. The van der Waals surface area contributed by atoms with Crippen LogP contribution < -0.4 is 10.2 Å². The summed E-state index contributed by atoms with van der Waals surface area (Å²) in [4.78, 5) is 51.5. The third-order valence-electron chi connectivity index (χ3n) is 8.98. The number of halogens is 3. The van der Waals surface area contributed by atoms with Crippen LogP contribution in [0.4, 0.5) is 29.7 Å². The fourth-order valence-electron chi connectivity index (χ4n) is 5.57. The van der Waals surface area contributed by atoms with Gasteiger partial charge in [0.25, 0.3) is 0 Å². The summed E-state index contributed by atoms with van der Waals surface area (Å²) in [6.07, 6.45) is 0. The molecule has 4 aromatic carbocycles. The number of sulfone groups is 2. The highest BCUT2D eigenvalue weighted by Crippen LogP contribution is 2.24. The van der Waals surface area contributed by atoms with E-state index in [1.807, 2.05) is 12.1 Å². The van der Waals surface area contributed by atoms with Crippen LogP contribution in [0.2, 0.25) is 0 Å². The Kier molecular flexibility index (Phi) is 16.9. The lowest BCUT2D eigenvalue weighted by molar-refractivity contribution is 0.0592. The van der Waals surface area contributed by atoms with Crippen molar-refractivity contribution in [2.45, 2.75) is 11.9 Å². The average Bonchev–Trinajstić information content (AvgIpc) is 3.24. The molecule has 2 saturated heterocycles. The molecule has 2 heterocycles. The zero-order valence-electron chi connectivity index (χ0n) is 32.2. The lowest BCUT2D eigenvalue weighted by Crippen LogP contribution is -2.50. The second kappa shape index (κ2) is 21.6. The van der Waals surface area contributed by atoms with E-state index in [1.54, 1.807) is 48.5 Å². The predicted molar refractivity (Wildman–Crippen MR) is 222 cm³/mol. The number of anilines is 2. The number of hydrogen-bond acceptors (Lipinski definition) is 10. The summed E-state index contributed by atoms with van der Waals surface area (Å²) in [5.41, 5.74) is 2.96. The number of nitrogens with zero attached hydrogens (tertiary/aromatic N) is 3. The van der Waals surface area contributed by atoms with Gasteiger partial charge in [0.15, 0.2) is 19.7 Å². The van der Waals surface area contributed by atoms with Gasteiger partial charge in [0, 0.05) is 31.5 Å². The number of methoxy groups -OCH3 is 2. The number of benzene rings is 4. The molecule has 0 unspecified atom stereocenters. The van der Waals surface area contributed by atoms with Gasteiger partial charge in [0.05, 0.1) is 66.3 Å². The van der Waals surface area contributed by atoms with Gasteiger partial charge in [-0.3, -0.25) is 4.90 Å². The Hall–Kier alpha value is -5.40. The molecule has 0 radical (unpaired) electrons. The fourth-order valence-corrected chi connectivity index (χ4v) is 8.34. The number of alkyl halides is 1. The Morgan fingerprint density at radius 2 is 1.08 bits per heavy atom. The standard InChI is InChI=1S/C20H21FN2O5S.C11H13FN2O3S.C9H9BrO2/c1-28-19(24)16-8-6-15(7-9-16)14-23(18-5-3-2-4-17(18)21)20(25)22-10-12-29(26,27)13-11-22;12-9-3-1-2-4-10(9)13-11(15)14-5-7-18(16,17)8-6-14;1-12-9(11)8-4-2-7(6-10)3-5-8/h2-9H,10-14H2,1H3;1-4H,5-8H2,(H,13,15);2-5H,6H2,1H3. The summed E-state index contributed by atoms with van der Waals surface area (Å²) in [6, 6.07) is 24.5. The van der Waals surface area contributed by atoms with Crippen LogP contribution in [0.1, 0.15) is 31.8 Å². The first-order valence-electron chi connectivity index (χ1n) is 18.0. The summed E-state index contributed by atoms with van der Waals surface area (Å²) < 4.78 is 82.7. The first-order chi connectivity index (χ1) is 28.1. The van der Waals surface area contributed by atoms with Gasteiger partial charge in [-0.1, -0.05) is 64.5 Å². The molecule has 4 aromatic rings. The number of nitrogens with one attached hydrogen (secondary N) is 1. The van der Waals surface area contributed by atoms with E-state index >= 15 is 0 Å². The number of esters is 2. The molecule has 2 aliphatic rings. The molecule has 59 heavy (non-hydrogen) atoms. The lowest BCUT2D eigenvalue weighted by Gasteiger charge is -2.33. The first-order valence-corrected chi connectivity index (χ1v) is 22.8. The maximum Gasteiger partial charge on any atom is 0.337 e. The van der Waals surface area contributed by atoms with Gasteiger partial charge >= 0.3 is 24.0 Å². The molecule has 6 rings (SSSR count). The van der Waals surface area contributed by atoms with Crippen LogP contribution in [0, 0.1) is 11.6 Å². The maximum absolute atomic E-state index is 14.4. The summed E-state index contributed by atoms with van der Waals surface area (Å²) in [7, 11) is -3.52. The fraction of sp³-hybridized carbons (Fsp3) is 0.300. The van der Waals surface area contributed by atoms with Crippen molar-refractivity contribution < 1.29 is 54.3 Å². The van der Waals surface area contributed by atoms with E-state index in [4.69, 9.17) is 0 Å². The van der Waals surface area contributed by atoms with Gasteiger partial charge in [-0.15, -0.1) is 0 Å². The van der Waals surface area contributed by atoms with Gasteiger partial charge < -0.3 is 24.6 Å². The average molecular weight is 922 g/mol. The zero-order chi connectivity index (χ0) is 43.2. The molecule has 0 aliphatic carbocycles. The van der Waals surface area contributed by atoms with Gasteiger partial charge in [0.1, 0.15) is 11.6 Å². The number of rotatable bonds is 7. The topological polar surface area (TPSA) is 177 Å². The normalized spacial score (nSPS) is 15.2. The summed E-state index contributed by atoms with van der Waals surface area (Å²) >= 11 is 3.32. The third kappa shape index (κ3) is 13.9. The minimum absolute atomic E-state index is 0.0440. The van der Waals surface area contributed by atoms with Crippen LogP contribution in [0.3, 0.4) is 0 Å². The zero-order valence-corrected chi connectivity index (χ0v) is 35.4. The van der Waals surface area contributed by atoms with E-state index < -0.39 is 49.3 Å². The number of hydrogen-bond donors (Lipinski definition) is 1. The molecule has 2 fully saturated rings. The van der Waals surface area contributed by atoms with E-state index in [0.29, 0.717) is 16.7 Å². The van der Waals surface area contributed by atoms with Gasteiger partial charge in [-0.05, 0) is 59.7 Å². The van der Waals surface area contributed by atoms with Gasteiger partial charge in [-0.2, -0.15) is 0 Å². The molecule has 14 nitrogen and oxygen atoms in total. The van der Waals surface area contributed by atoms with Crippen LogP contribution in [0.15, 0.2) is 97.1 Å². The molecule has 0 saturated carbocycles. The Balaban J connectivity index is 0.000000217. The highest BCUT2D eigenvalue weighted by atomic mass is 79.9. The van der Waals surface area contributed by atoms with E-state index in [-0.39, 0.29) is 73.1 Å². The van der Waals surface area contributed by atoms with Gasteiger partial charge in [0.2, 0.25) is 0 Å². The second-order valence-electron chi connectivity index (χ2n) is 13.0. The van der Waals surface area contributed by atoms with Crippen LogP contribution in [-0.2, 0) is 41.0 Å². The van der Waals surface area contributed by atoms with Crippen molar-refractivity contribution in [3.05, 3.63) is 131 Å². The Bertz CT molecular complexity index is 2290. The maximum atomic E-state index is 14.4. The van der Waals surface area contributed by atoms with Crippen molar-refractivity contribution >= 4 is 71.0 Å². The molecule has 316 valence electrons. The Morgan fingerprint density at radius 3 is 1.54 bits per heavy atom. The molecule has 1 N–H and O–H groups in total. The highest BCUT2D eigenvalue weighted by molar-refractivity contribution is 9.08. The first kappa shape index (κ1) is 46.3. The molecule has 0 spiro atoms. The van der Waals surface area contributed by atoms with Crippen LogP contribution in [0.25, 0.3) is 0 Å². The molecule has 0 bridgehead atoms. The number of urea groups is 2. The minimum Gasteiger partial charge on any atom is -0.465 e. The molecular formula is C40H43BrF2N4O10S2. The van der Waals surface area contributed by atoms with E-state index in [2.05, 4.69) is 30.7 Å². The van der Waals surface area contributed by atoms with E-state index in [1.165, 1.54) is 65.3 Å². The van der Waals surface area contributed by atoms with Crippen molar-refractivity contribution in [3.8, 4) is 0 Å². The van der Waals surface area contributed by atoms with Crippen molar-refractivity contribution in [1.82, 2.24) is 9.80 Å². The van der Waals surface area contributed by atoms with Crippen molar-refractivity contribution in [3.63, 3.8) is 0 Å². The van der Waals surface area contributed by atoms with Crippen molar-refractivity contribution in [2.24, 2.45) is 0 Å². The summed E-state index contributed by atoms with van der Waals surface area (Å²) in [6.45, 7) is 0.469. The molecule has 2 aliphatic heterocycles. The molecule has 19 heteroatoms. The van der Waals surface area contributed by atoms with Crippen molar-refractivity contribution in [2.75, 3.05) is 73.6 Å². The van der Waals surface area contributed by atoms with E-state index in [0.717, 1.165) is 10.9 Å². The SMILES string of the molecule is COC(=O)c1ccc(CBr)cc1.COC(=O)c1ccc(CN(C(=O)N2CCS(=O)(=O)CC2)c2ccccc2F)cc1.O=C(Nc1ccccc1F)N1CCS(=O)(=O)CC1. The highest BCUT2D eigenvalue weighted by Gasteiger charge is 2.30. The predicted octanol–water partition coefficient (Wildman–Crippen LogP) is 5.93. The molecule has 4 amide bonds. The van der Waals surface area contributed by atoms with Gasteiger partial charge in [-0.25, -0.2) is 44.8 Å². The molecule has 0 aromatic heterocycles. The quantitative estimate of drug-likeness (QED) is 0.173. The molecule has 0 atom stereocenters. The largest absolute Gasteiger partial charge is 0.465 e. The second-order valence-corrected chi connectivity index (χ2v) is 18.2. The third-order valence-corrected chi connectivity index (χ3v) is 12.8. The summed E-state index contributed by atoms with van der Waals surface area (Å²) in [5, 5.41) is 3.22. The summed E-state index contributed by atoms with van der Waals surface area (Å²) in [5.74, 6) is -2.17. The Labute approximate surface area is 350 Å². The number of amides is 4. The number of carbonyl (C=O) groups is 4.